The number of fused-ring (bicyclic) bond motifs is 1. The van der Waals surface area contributed by atoms with Crippen LogP contribution in [-0.4, -0.2) is 37.6 Å². The molecular weight excluding hydrogens is 344 g/mol. The maximum Gasteiger partial charge on any atom is 0.229 e. The van der Waals surface area contributed by atoms with Crippen LogP contribution >= 0.6 is 0 Å². The molecule has 0 bridgehead atoms. The lowest BCUT2D eigenvalue weighted by Gasteiger charge is -2.22. The first kappa shape index (κ1) is 17.4. The van der Waals surface area contributed by atoms with Gasteiger partial charge in [-0.1, -0.05) is 30.3 Å². The Balaban J connectivity index is 1.34. The Morgan fingerprint density at radius 2 is 1.85 bits per heavy atom. The van der Waals surface area contributed by atoms with Crippen molar-refractivity contribution in [3.63, 3.8) is 0 Å². The summed E-state index contributed by atoms with van der Waals surface area (Å²) in [5.41, 5.74) is 1.90. The molecular formula is C21H22N2O4. The maximum absolute atomic E-state index is 12.4. The van der Waals surface area contributed by atoms with E-state index in [1.54, 1.807) is 4.90 Å². The second-order valence-electron chi connectivity index (χ2n) is 6.79. The van der Waals surface area contributed by atoms with E-state index in [2.05, 4.69) is 5.32 Å². The Bertz CT molecular complexity index is 837. The van der Waals surface area contributed by atoms with Crippen molar-refractivity contribution < 1.29 is 19.1 Å². The van der Waals surface area contributed by atoms with Crippen molar-refractivity contribution in [2.45, 2.75) is 25.3 Å². The van der Waals surface area contributed by atoms with Crippen molar-refractivity contribution in [1.82, 2.24) is 5.32 Å². The normalized spacial score (nSPS) is 18.4. The molecule has 2 aromatic rings. The summed E-state index contributed by atoms with van der Waals surface area (Å²) in [6, 6.07) is 15.2. The van der Waals surface area contributed by atoms with Gasteiger partial charge in [-0.2, -0.15) is 0 Å². The highest BCUT2D eigenvalue weighted by atomic mass is 16.6. The van der Waals surface area contributed by atoms with Crippen LogP contribution in [0.25, 0.3) is 0 Å². The zero-order valence-electron chi connectivity index (χ0n) is 15.0. The van der Waals surface area contributed by atoms with Gasteiger partial charge in [0.2, 0.25) is 11.8 Å². The van der Waals surface area contributed by atoms with E-state index in [9.17, 15) is 9.59 Å². The molecule has 2 aliphatic rings. The predicted molar refractivity (Wildman–Crippen MR) is 101 cm³/mol. The molecule has 2 aliphatic heterocycles. The number of amides is 2. The summed E-state index contributed by atoms with van der Waals surface area (Å²) in [7, 11) is 0. The molecule has 27 heavy (non-hydrogen) atoms. The summed E-state index contributed by atoms with van der Waals surface area (Å²) in [6.07, 6.45) is 1.42. The lowest BCUT2D eigenvalue weighted by molar-refractivity contribution is -0.121. The molecule has 1 saturated heterocycles. The second-order valence-corrected chi connectivity index (χ2v) is 6.79. The molecule has 4 rings (SSSR count). The van der Waals surface area contributed by atoms with Gasteiger partial charge in [0.05, 0.1) is 6.04 Å². The minimum atomic E-state index is -0.172. The SMILES string of the molecule is O=C(CCc1ccccc1)N[C@@H]1CC(=O)N(c2ccc3c(c2)OCCO3)C1. The summed E-state index contributed by atoms with van der Waals surface area (Å²) >= 11 is 0. The van der Waals surface area contributed by atoms with Gasteiger partial charge in [0.25, 0.3) is 0 Å². The number of nitrogens with zero attached hydrogens (tertiary/aromatic N) is 1. The zero-order chi connectivity index (χ0) is 18.6. The Morgan fingerprint density at radius 3 is 2.67 bits per heavy atom. The fourth-order valence-electron chi connectivity index (χ4n) is 3.46. The first-order valence-electron chi connectivity index (χ1n) is 9.22. The number of aryl methyl sites for hydroxylation is 1. The Kier molecular flexibility index (Phi) is 4.96. The number of carbonyl (C=O) groups is 2. The summed E-state index contributed by atoms with van der Waals surface area (Å²) < 4.78 is 11.1. The summed E-state index contributed by atoms with van der Waals surface area (Å²) in [5, 5.41) is 2.98. The first-order chi connectivity index (χ1) is 13.2. The van der Waals surface area contributed by atoms with Gasteiger partial charge in [0.1, 0.15) is 13.2 Å². The summed E-state index contributed by atoms with van der Waals surface area (Å²) in [4.78, 5) is 26.3. The van der Waals surface area contributed by atoms with E-state index in [0.717, 1.165) is 11.3 Å². The van der Waals surface area contributed by atoms with E-state index in [0.29, 0.717) is 50.5 Å². The third-order valence-electron chi connectivity index (χ3n) is 4.81. The lowest BCUT2D eigenvalue weighted by Crippen LogP contribution is -2.37. The quantitative estimate of drug-likeness (QED) is 0.882. The van der Waals surface area contributed by atoms with Crippen LogP contribution in [0.1, 0.15) is 18.4 Å². The number of hydrogen-bond acceptors (Lipinski definition) is 4. The fourth-order valence-corrected chi connectivity index (χ4v) is 3.46. The van der Waals surface area contributed by atoms with Gasteiger partial charge in [-0.3, -0.25) is 9.59 Å². The maximum atomic E-state index is 12.4. The highest BCUT2D eigenvalue weighted by Crippen LogP contribution is 2.35. The van der Waals surface area contributed by atoms with Crippen LogP contribution in [-0.2, 0) is 16.0 Å². The Labute approximate surface area is 158 Å². The predicted octanol–water partition coefficient (Wildman–Crippen LogP) is 2.31. The molecule has 6 nitrogen and oxygen atoms in total. The summed E-state index contributed by atoms with van der Waals surface area (Å²) in [6.45, 7) is 1.51. The lowest BCUT2D eigenvalue weighted by atomic mass is 10.1. The third-order valence-corrected chi connectivity index (χ3v) is 4.81. The smallest absolute Gasteiger partial charge is 0.229 e. The van der Waals surface area contributed by atoms with E-state index >= 15 is 0 Å². The van der Waals surface area contributed by atoms with Crippen LogP contribution in [0.3, 0.4) is 0 Å². The highest BCUT2D eigenvalue weighted by Gasteiger charge is 2.32. The van der Waals surface area contributed by atoms with Gasteiger partial charge in [-0.05, 0) is 24.1 Å². The largest absolute Gasteiger partial charge is 0.486 e. The van der Waals surface area contributed by atoms with Gasteiger partial charge >= 0.3 is 0 Å². The molecule has 0 radical (unpaired) electrons. The molecule has 0 saturated carbocycles. The molecule has 2 aromatic carbocycles. The molecule has 0 spiro atoms. The van der Waals surface area contributed by atoms with E-state index in [4.69, 9.17) is 9.47 Å². The standard InChI is InChI=1S/C21H22N2O4/c24-20(9-6-15-4-2-1-3-5-15)22-16-12-21(25)23(14-16)17-7-8-18-19(13-17)27-11-10-26-18/h1-5,7-8,13,16H,6,9-12,14H2,(H,22,24)/t16-/m1/s1. The molecule has 2 amide bonds. The Hall–Kier alpha value is -3.02. The van der Waals surface area contributed by atoms with Crippen LogP contribution in [0.4, 0.5) is 5.69 Å². The van der Waals surface area contributed by atoms with Crippen molar-refractivity contribution in [3.05, 3.63) is 54.1 Å². The topological polar surface area (TPSA) is 67.9 Å². The molecule has 1 N–H and O–H groups in total. The van der Waals surface area contributed by atoms with Crippen LogP contribution in [0.5, 0.6) is 11.5 Å². The van der Waals surface area contributed by atoms with Crippen molar-refractivity contribution in [3.8, 4) is 11.5 Å². The second kappa shape index (κ2) is 7.70. The van der Waals surface area contributed by atoms with Crippen LogP contribution in [0, 0.1) is 0 Å². The molecule has 0 aromatic heterocycles. The fraction of sp³-hybridized carbons (Fsp3) is 0.333. The van der Waals surface area contributed by atoms with Crippen molar-refractivity contribution in [2.24, 2.45) is 0 Å². The van der Waals surface area contributed by atoms with Crippen LogP contribution in [0.2, 0.25) is 0 Å². The van der Waals surface area contributed by atoms with Gasteiger partial charge in [0, 0.05) is 31.1 Å². The molecule has 1 atom stereocenters. The van der Waals surface area contributed by atoms with Gasteiger partial charge in [-0.15, -0.1) is 0 Å². The van der Waals surface area contributed by atoms with Gasteiger partial charge in [0.15, 0.2) is 11.5 Å². The molecule has 2 heterocycles. The van der Waals surface area contributed by atoms with Crippen molar-refractivity contribution in [1.29, 1.82) is 0 Å². The number of ether oxygens (including phenoxy) is 2. The number of nitrogens with one attached hydrogen (secondary N) is 1. The number of benzene rings is 2. The third kappa shape index (κ3) is 4.05. The molecule has 1 fully saturated rings. The molecule has 0 unspecified atom stereocenters. The number of rotatable bonds is 5. The molecule has 140 valence electrons. The van der Waals surface area contributed by atoms with E-state index in [1.165, 1.54) is 0 Å². The monoisotopic (exact) mass is 366 g/mol. The minimum absolute atomic E-state index is 0.0000344. The van der Waals surface area contributed by atoms with Crippen molar-refractivity contribution in [2.75, 3.05) is 24.7 Å². The number of anilines is 1. The van der Waals surface area contributed by atoms with Crippen LogP contribution < -0.4 is 19.7 Å². The van der Waals surface area contributed by atoms with Gasteiger partial charge in [-0.25, -0.2) is 0 Å². The molecule has 0 aliphatic carbocycles. The Morgan fingerprint density at radius 1 is 1.07 bits per heavy atom. The average molecular weight is 366 g/mol. The first-order valence-corrected chi connectivity index (χ1v) is 9.22. The van der Waals surface area contributed by atoms with E-state index in [-0.39, 0.29) is 17.9 Å². The zero-order valence-corrected chi connectivity index (χ0v) is 15.0. The van der Waals surface area contributed by atoms with Gasteiger partial charge < -0.3 is 19.7 Å². The molecule has 6 heteroatoms. The minimum Gasteiger partial charge on any atom is -0.486 e. The number of carbonyl (C=O) groups excluding carboxylic acids is 2. The van der Waals surface area contributed by atoms with E-state index < -0.39 is 0 Å². The summed E-state index contributed by atoms with van der Waals surface area (Å²) in [5.74, 6) is 1.32. The van der Waals surface area contributed by atoms with Crippen molar-refractivity contribution >= 4 is 17.5 Å². The van der Waals surface area contributed by atoms with Crippen LogP contribution in [0.15, 0.2) is 48.5 Å². The average Bonchev–Trinajstić information content (AvgIpc) is 3.07. The van der Waals surface area contributed by atoms with E-state index in [1.807, 2.05) is 48.5 Å². The number of hydrogen-bond donors (Lipinski definition) is 1. The highest BCUT2D eigenvalue weighted by molar-refractivity contribution is 5.97.